The van der Waals surface area contributed by atoms with Crippen LogP contribution in [0.15, 0.2) is 17.2 Å². The number of anilines is 1. The Morgan fingerprint density at radius 3 is 1.65 bits per heavy atom. The third-order valence-corrected chi connectivity index (χ3v) is 3.33. The molecule has 2 rings (SSSR count). The monoisotopic (exact) mass is 376 g/mol. The SMILES string of the molecule is COc1cc(OC)c(/C=N\Nc2c(F)c(F)c(F)c(F)c2F)c(OC)c1. The van der Waals surface area contributed by atoms with E-state index in [1.165, 1.54) is 33.5 Å². The Morgan fingerprint density at radius 1 is 0.769 bits per heavy atom. The summed E-state index contributed by atoms with van der Waals surface area (Å²) in [6.45, 7) is 0. The first-order valence-electron chi connectivity index (χ1n) is 6.96. The van der Waals surface area contributed by atoms with Gasteiger partial charge in [-0.05, 0) is 0 Å². The fraction of sp³-hybridized carbons (Fsp3) is 0.188. The van der Waals surface area contributed by atoms with Crippen LogP contribution < -0.4 is 19.6 Å². The van der Waals surface area contributed by atoms with Gasteiger partial charge in [0.1, 0.15) is 22.9 Å². The number of hydrogen-bond acceptors (Lipinski definition) is 5. The molecule has 140 valence electrons. The minimum absolute atomic E-state index is 0.240. The maximum Gasteiger partial charge on any atom is 0.200 e. The Labute approximate surface area is 145 Å². The highest BCUT2D eigenvalue weighted by molar-refractivity contribution is 5.88. The summed E-state index contributed by atoms with van der Waals surface area (Å²) >= 11 is 0. The van der Waals surface area contributed by atoms with Crippen molar-refractivity contribution in [2.45, 2.75) is 0 Å². The number of nitrogens with zero attached hydrogens (tertiary/aromatic N) is 1. The zero-order valence-corrected chi connectivity index (χ0v) is 13.8. The lowest BCUT2D eigenvalue weighted by atomic mass is 10.2. The van der Waals surface area contributed by atoms with E-state index in [2.05, 4.69) is 5.10 Å². The Bertz CT molecular complexity index is 804. The van der Waals surface area contributed by atoms with E-state index in [4.69, 9.17) is 14.2 Å². The number of halogens is 5. The second-order valence-corrected chi connectivity index (χ2v) is 4.76. The van der Waals surface area contributed by atoms with Crippen LogP contribution in [0.5, 0.6) is 17.2 Å². The molecule has 0 amide bonds. The van der Waals surface area contributed by atoms with Gasteiger partial charge in [0.2, 0.25) is 5.82 Å². The van der Waals surface area contributed by atoms with Crippen molar-refractivity contribution in [3.8, 4) is 17.2 Å². The number of ether oxygens (including phenoxy) is 3. The number of benzene rings is 2. The Hall–Kier alpha value is -3.04. The van der Waals surface area contributed by atoms with Gasteiger partial charge in [-0.25, -0.2) is 22.0 Å². The van der Waals surface area contributed by atoms with Gasteiger partial charge in [0.15, 0.2) is 23.3 Å². The molecule has 2 aromatic carbocycles. The van der Waals surface area contributed by atoms with Crippen LogP contribution in [-0.4, -0.2) is 27.5 Å². The molecule has 0 unspecified atom stereocenters. The minimum Gasteiger partial charge on any atom is -0.496 e. The van der Waals surface area contributed by atoms with Crippen LogP contribution in [0.3, 0.4) is 0 Å². The molecule has 0 aliphatic rings. The van der Waals surface area contributed by atoms with Crippen molar-refractivity contribution in [1.82, 2.24) is 0 Å². The van der Waals surface area contributed by atoms with Crippen molar-refractivity contribution >= 4 is 11.9 Å². The molecule has 0 saturated carbocycles. The van der Waals surface area contributed by atoms with Crippen LogP contribution in [0.2, 0.25) is 0 Å². The molecule has 1 N–H and O–H groups in total. The highest BCUT2D eigenvalue weighted by Gasteiger charge is 2.25. The average Bonchev–Trinajstić information content (AvgIpc) is 2.66. The summed E-state index contributed by atoms with van der Waals surface area (Å²) in [5.41, 5.74) is 0.755. The summed E-state index contributed by atoms with van der Waals surface area (Å²) in [5.74, 6) is -9.60. The van der Waals surface area contributed by atoms with Gasteiger partial charge >= 0.3 is 0 Å². The van der Waals surface area contributed by atoms with Gasteiger partial charge in [0, 0.05) is 12.1 Å². The van der Waals surface area contributed by atoms with E-state index in [1.807, 2.05) is 0 Å². The molecule has 0 bridgehead atoms. The molecule has 5 nitrogen and oxygen atoms in total. The first kappa shape index (κ1) is 19.3. The van der Waals surface area contributed by atoms with Gasteiger partial charge in [-0.1, -0.05) is 0 Å². The first-order valence-corrected chi connectivity index (χ1v) is 6.96. The third-order valence-electron chi connectivity index (χ3n) is 3.33. The van der Waals surface area contributed by atoms with Gasteiger partial charge in [-0.2, -0.15) is 5.10 Å². The molecule has 2 aromatic rings. The van der Waals surface area contributed by atoms with E-state index >= 15 is 0 Å². The largest absolute Gasteiger partial charge is 0.496 e. The quantitative estimate of drug-likeness (QED) is 0.274. The minimum atomic E-state index is -2.26. The zero-order chi connectivity index (χ0) is 19.4. The van der Waals surface area contributed by atoms with E-state index < -0.39 is 34.8 Å². The topological polar surface area (TPSA) is 52.1 Å². The van der Waals surface area contributed by atoms with E-state index in [-0.39, 0.29) is 17.1 Å². The molecule has 0 spiro atoms. The molecular weight excluding hydrogens is 363 g/mol. The lowest BCUT2D eigenvalue weighted by Gasteiger charge is -2.12. The lowest BCUT2D eigenvalue weighted by molar-refractivity contribution is 0.374. The fourth-order valence-electron chi connectivity index (χ4n) is 2.02. The maximum absolute atomic E-state index is 13.6. The van der Waals surface area contributed by atoms with Crippen molar-refractivity contribution in [2.24, 2.45) is 5.10 Å². The molecule has 0 atom stereocenters. The van der Waals surface area contributed by atoms with Gasteiger partial charge in [-0.15, -0.1) is 0 Å². The zero-order valence-electron chi connectivity index (χ0n) is 13.8. The summed E-state index contributed by atoms with van der Waals surface area (Å²) < 4.78 is 81.9. The molecule has 0 aliphatic carbocycles. The van der Waals surface area contributed by atoms with Crippen LogP contribution in [0, 0.1) is 29.1 Å². The second-order valence-electron chi connectivity index (χ2n) is 4.76. The highest BCUT2D eigenvalue weighted by Crippen LogP contribution is 2.33. The van der Waals surface area contributed by atoms with Crippen LogP contribution in [0.1, 0.15) is 5.56 Å². The highest BCUT2D eigenvalue weighted by atomic mass is 19.2. The smallest absolute Gasteiger partial charge is 0.200 e. The van der Waals surface area contributed by atoms with Crippen molar-refractivity contribution in [2.75, 3.05) is 26.8 Å². The lowest BCUT2D eigenvalue weighted by Crippen LogP contribution is -2.07. The average molecular weight is 376 g/mol. The number of hydrogen-bond donors (Lipinski definition) is 1. The van der Waals surface area contributed by atoms with Gasteiger partial charge in [0.25, 0.3) is 0 Å². The molecule has 26 heavy (non-hydrogen) atoms. The van der Waals surface area contributed by atoms with E-state index in [1.54, 1.807) is 5.43 Å². The predicted octanol–water partition coefficient (Wildman–Crippen LogP) is 3.85. The number of hydrazone groups is 1. The van der Waals surface area contributed by atoms with E-state index in [0.29, 0.717) is 5.75 Å². The Kier molecular flexibility index (Phi) is 5.86. The number of rotatable bonds is 6. The summed E-state index contributed by atoms with van der Waals surface area (Å²) in [5, 5.41) is 3.51. The molecule has 0 aromatic heterocycles. The number of nitrogens with one attached hydrogen (secondary N) is 1. The molecule has 0 saturated heterocycles. The number of methoxy groups -OCH3 is 3. The maximum atomic E-state index is 13.6. The summed E-state index contributed by atoms with van der Waals surface area (Å²) in [6, 6.07) is 2.98. The van der Waals surface area contributed by atoms with Crippen LogP contribution >= 0.6 is 0 Å². The third kappa shape index (κ3) is 3.48. The summed E-state index contributed by atoms with van der Waals surface area (Å²) in [4.78, 5) is 0. The summed E-state index contributed by atoms with van der Waals surface area (Å²) in [6.07, 6.45) is 1.04. The Morgan fingerprint density at radius 2 is 1.23 bits per heavy atom. The predicted molar refractivity (Wildman–Crippen MR) is 83.5 cm³/mol. The van der Waals surface area contributed by atoms with E-state index in [9.17, 15) is 22.0 Å². The molecule has 0 radical (unpaired) electrons. The van der Waals surface area contributed by atoms with Crippen LogP contribution in [0.25, 0.3) is 0 Å². The standard InChI is InChI=1S/C16H13F5N2O3/c1-24-7-4-9(25-2)8(10(5-7)26-3)6-22-23-16-14(20)12(18)11(17)13(19)15(16)21/h4-6,23H,1-3H3/b22-6-. The molecule has 10 heteroatoms. The molecule has 0 fully saturated rings. The summed E-state index contributed by atoms with van der Waals surface area (Å²) in [7, 11) is 4.12. The van der Waals surface area contributed by atoms with Gasteiger partial charge in [-0.3, -0.25) is 5.43 Å². The van der Waals surface area contributed by atoms with Crippen molar-refractivity contribution in [1.29, 1.82) is 0 Å². The molecule has 0 aliphatic heterocycles. The normalized spacial score (nSPS) is 10.9. The van der Waals surface area contributed by atoms with Gasteiger partial charge < -0.3 is 14.2 Å². The van der Waals surface area contributed by atoms with Crippen molar-refractivity contribution in [3.05, 3.63) is 46.8 Å². The second kappa shape index (κ2) is 7.89. The van der Waals surface area contributed by atoms with Gasteiger partial charge in [0.05, 0.1) is 33.1 Å². The fourth-order valence-corrected chi connectivity index (χ4v) is 2.02. The molecular formula is C16H13F5N2O3. The van der Waals surface area contributed by atoms with Crippen molar-refractivity contribution in [3.63, 3.8) is 0 Å². The Balaban J connectivity index is 2.41. The first-order chi connectivity index (χ1) is 12.3. The van der Waals surface area contributed by atoms with Crippen molar-refractivity contribution < 1.29 is 36.2 Å². The van der Waals surface area contributed by atoms with Crippen LogP contribution in [-0.2, 0) is 0 Å². The van der Waals surface area contributed by atoms with Crippen LogP contribution in [0.4, 0.5) is 27.6 Å². The van der Waals surface area contributed by atoms with E-state index in [0.717, 1.165) is 6.21 Å². The molecule has 0 heterocycles.